The lowest BCUT2D eigenvalue weighted by molar-refractivity contribution is 0.103. The van der Waals surface area contributed by atoms with Gasteiger partial charge >= 0.3 is 0 Å². The van der Waals surface area contributed by atoms with Gasteiger partial charge in [0.15, 0.2) is 0 Å². The third-order valence-electron chi connectivity index (χ3n) is 3.39. The summed E-state index contributed by atoms with van der Waals surface area (Å²) in [7, 11) is 0. The standard InChI is InChI=1S/C17H16N2OS2/c1-3-14-11(2)10-15(22-14)16(20)19-13-6-4-12(5-7-13)17-18-8-9-21-17/h4-10H,3H2,1-2H3,(H,19,20). The van der Waals surface area contributed by atoms with E-state index in [9.17, 15) is 4.79 Å². The lowest BCUT2D eigenvalue weighted by atomic mass is 10.2. The van der Waals surface area contributed by atoms with Crippen LogP contribution >= 0.6 is 22.7 Å². The molecule has 112 valence electrons. The summed E-state index contributed by atoms with van der Waals surface area (Å²) in [4.78, 5) is 18.6. The number of benzene rings is 1. The van der Waals surface area contributed by atoms with Crippen LogP contribution in [0.1, 0.15) is 27.0 Å². The highest BCUT2D eigenvalue weighted by atomic mass is 32.1. The van der Waals surface area contributed by atoms with Gasteiger partial charge in [-0.1, -0.05) is 6.92 Å². The highest BCUT2D eigenvalue weighted by Crippen LogP contribution is 2.25. The molecule has 0 spiro atoms. The number of thiazole rings is 1. The molecule has 0 aliphatic carbocycles. The first kappa shape index (κ1) is 14.9. The van der Waals surface area contributed by atoms with Crippen molar-refractivity contribution < 1.29 is 4.79 Å². The molecule has 1 amide bonds. The molecule has 0 saturated heterocycles. The summed E-state index contributed by atoms with van der Waals surface area (Å²) in [6.07, 6.45) is 2.76. The number of carbonyl (C=O) groups is 1. The van der Waals surface area contributed by atoms with Gasteiger partial charge in [-0.25, -0.2) is 4.98 Å². The van der Waals surface area contributed by atoms with Crippen molar-refractivity contribution in [3.05, 3.63) is 57.2 Å². The van der Waals surface area contributed by atoms with E-state index < -0.39 is 0 Å². The number of hydrogen-bond acceptors (Lipinski definition) is 4. The van der Waals surface area contributed by atoms with Crippen LogP contribution in [-0.4, -0.2) is 10.9 Å². The van der Waals surface area contributed by atoms with Crippen molar-refractivity contribution in [2.24, 2.45) is 0 Å². The normalized spacial score (nSPS) is 10.6. The Labute approximate surface area is 137 Å². The van der Waals surface area contributed by atoms with Gasteiger partial charge in [0.05, 0.1) is 4.88 Å². The number of aromatic nitrogens is 1. The molecule has 3 rings (SSSR count). The molecule has 0 unspecified atom stereocenters. The number of anilines is 1. The van der Waals surface area contributed by atoms with Crippen LogP contribution in [0.25, 0.3) is 10.6 Å². The Morgan fingerprint density at radius 2 is 2.05 bits per heavy atom. The average molecular weight is 328 g/mol. The Morgan fingerprint density at radius 3 is 2.64 bits per heavy atom. The Bertz CT molecular complexity index is 774. The van der Waals surface area contributed by atoms with Crippen molar-refractivity contribution in [3.8, 4) is 10.6 Å². The number of hydrogen-bond donors (Lipinski definition) is 1. The first-order chi connectivity index (χ1) is 10.7. The van der Waals surface area contributed by atoms with E-state index in [1.54, 1.807) is 28.9 Å². The highest BCUT2D eigenvalue weighted by molar-refractivity contribution is 7.14. The molecule has 0 aliphatic heterocycles. The second kappa shape index (κ2) is 6.42. The van der Waals surface area contributed by atoms with Crippen LogP contribution < -0.4 is 5.32 Å². The van der Waals surface area contributed by atoms with Crippen LogP contribution in [0.2, 0.25) is 0 Å². The molecule has 1 N–H and O–H groups in total. The minimum atomic E-state index is -0.0465. The molecular weight excluding hydrogens is 312 g/mol. The predicted molar refractivity (Wildman–Crippen MR) is 93.9 cm³/mol. The maximum atomic E-state index is 12.3. The van der Waals surface area contributed by atoms with Crippen molar-refractivity contribution in [2.75, 3.05) is 5.32 Å². The monoisotopic (exact) mass is 328 g/mol. The largest absolute Gasteiger partial charge is 0.321 e. The molecule has 1 aromatic carbocycles. The molecule has 0 radical (unpaired) electrons. The SMILES string of the molecule is CCc1sc(C(=O)Nc2ccc(-c3nccs3)cc2)cc1C. The summed E-state index contributed by atoms with van der Waals surface area (Å²) in [5.41, 5.74) is 3.06. The second-order valence-corrected chi connectivity index (χ2v) is 6.97. The zero-order valence-corrected chi connectivity index (χ0v) is 14.1. The second-order valence-electron chi connectivity index (χ2n) is 4.94. The molecule has 3 nitrogen and oxygen atoms in total. The molecule has 0 fully saturated rings. The number of nitrogens with one attached hydrogen (secondary N) is 1. The van der Waals surface area contributed by atoms with Crippen LogP contribution in [0.5, 0.6) is 0 Å². The van der Waals surface area contributed by atoms with E-state index in [0.717, 1.165) is 27.6 Å². The summed E-state index contributed by atoms with van der Waals surface area (Å²) < 4.78 is 0. The molecule has 0 atom stereocenters. The molecule has 22 heavy (non-hydrogen) atoms. The minimum absolute atomic E-state index is 0.0465. The topological polar surface area (TPSA) is 42.0 Å². The lowest BCUT2D eigenvalue weighted by Crippen LogP contribution is -2.09. The van der Waals surface area contributed by atoms with Gasteiger partial charge < -0.3 is 5.32 Å². The number of amides is 1. The average Bonchev–Trinajstić information content (AvgIpc) is 3.17. The highest BCUT2D eigenvalue weighted by Gasteiger charge is 2.12. The van der Waals surface area contributed by atoms with Crippen LogP contribution in [0, 0.1) is 6.92 Å². The molecule has 2 aromatic heterocycles. The van der Waals surface area contributed by atoms with Crippen molar-refractivity contribution in [3.63, 3.8) is 0 Å². The summed E-state index contributed by atoms with van der Waals surface area (Å²) in [6, 6.07) is 9.74. The van der Waals surface area contributed by atoms with Crippen molar-refractivity contribution in [1.82, 2.24) is 4.98 Å². The number of thiophene rings is 1. The van der Waals surface area contributed by atoms with Gasteiger partial charge in [-0.3, -0.25) is 4.79 Å². The van der Waals surface area contributed by atoms with E-state index in [2.05, 4.69) is 24.1 Å². The fourth-order valence-electron chi connectivity index (χ4n) is 2.24. The number of carbonyl (C=O) groups excluding carboxylic acids is 1. The van der Waals surface area contributed by atoms with Crippen molar-refractivity contribution in [2.45, 2.75) is 20.3 Å². The fraction of sp³-hybridized carbons (Fsp3) is 0.176. The van der Waals surface area contributed by atoms with Gasteiger partial charge in [-0.2, -0.15) is 0 Å². The van der Waals surface area contributed by atoms with E-state index in [-0.39, 0.29) is 5.91 Å². The third-order valence-corrected chi connectivity index (χ3v) is 5.59. The Morgan fingerprint density at radius 1 is 1.27 bits per heavy atom. The van der Waals surface area contributed by atoms with Gasteiger partial charge in [0, 0.05) is 27.7 Å². The maximum Gasteiger partial charge on any atom is 0.265 e. The van der Waals surface area contributed by atoms with Gasteiger partial charge in [0.1, 0.15) is 5.01 Å². The Kier molecular flexibility index (Phi) is 4.36. The first-order valence-electron chi connectivity index (χ1n) is 7.08. The van der Waals surface area contributed by atoms with Gasteiger partial charge in [-0.15, -0.1) is 22.7 Å². The summed E-state index contributed by atoms with van der Waals surface area (Å²) in [5, 5.41) is 5.89. The smallest absolute Gasteiger partial charge is 0.265 e. The molecule has 3 aromatic rings. The number of rotatable bonds is 4. The fourth-order valence-corrected chi connectivity index (χ4v) is 3.89. The minimum Gasteiger partial charge on any atom is -0.321 e. The van der Waals surface area contributed by atoms with E-state index in [4.69, 9.17) is 0 Å². The van der Waals surface area contributed by atoms with E-state index in [1.165, 1.54) is 10.4 Å². The lowest BCUT2D eigenvalue weighted by Gasteiger charge is -2.04. The molecule has 5 heteroatoms. The Balaban J connectivity index is 1.73. The predicted octanol–water partition coefficient (Wildman–Crippen LogP) is 4.99. The van der Waals surface area contributed by atoms with E-state index >= 15 is 0 Å². The quantitative estimate of drug-likeness (QED) is 0.732. The van der Waals surface area contributed by atoms with Crippen LogP contribution in [0.15, 0.2) is 41.9 Å². The first-order valence-corrected chi connectivity index (χ1v) is 8.77. The van der Waals surface area contributed by atoms with Crippen LogP contribution in [-0.2, 0) is 6.42 Å². The molecule has 0 bridgehead atoms. The third kappa shape index (κ3) is 3.10. The summed E-state index contributed by atoms with van der Waals surface area (Å²) >= 11 is 3.17. The van der Waals surface area contributed by atoms with Crippen molar-refractivity contribution in [1.29, 1.82) is 0 Å². The summed E-state index contributed by atoms with van der Waals surface area (Å²) in [6.45, 7) is 4.16. The maximum absolute atomic E-state index is 12.3. The number of nitrogens with zero attached hydrogens (tertiary/aromatic N) is 1. The van der Waals surface area contributed by atoms with Gasteiger partial charge in [0.25, 0.3) is 5.91 Å². The van der Waals surface area contributed by atoms with Crippen LogP contribution in [0.3, 0.4) is 0 Å². The van der Waals surface area contributed by atoms with Crippen LogP contribution in [0.4, 0.5) is 5.69 Å². The van der Waals surface area contributed by atoms with E-state index in [1.807, 2.05) is 35.7 Å². The van der Waals surface area contributed by atoms with E-state index in [0.29, 0.717) is 0 Å². The van der Waals surface area contributed by atoms with Gasteiger partial charge in [0.2, 0.25) is 0 Å². The molecule has 0 saturated carbocycles. The molecular formula is C17H16N2OS2. The van der Waals surface area contributed by atoms with Gasteiger partial charge in [-0.05, 0) is 49.2 Å². The number of aryl methyl sites for hydroxylation is 2. The van der Waals surface area contributed by atoms with Crippen molar-refractivity contribution >= 4 is 34.3 Å². The molecule has 2 heterocycles. The Hall–Kier alpha value is -1.98. The zero-order valence-electron chi connectivity index (χ0n) is 12.4. The zero-order chi connectivity index (χ0) is 15.5. The molecule has 0 aliphatic rings. The summed E-state index contributed by atoms with van der Waals surface area (Å²) in [5.74, 6) is -0.0465.